The van der Waals surface area contributed by atoms with Gasteiger partial charge in [0, 0.05) is 18.0 Å². The quantitative estimate of drug-likeness (QED) is 0.795. The topological polar surface area (TPSA) is 21.3 Å². The van der Waals surface area contributed by atoms with E-state index < -0.39 is 0 Å². The summed E-state index contributed by atoms with van der Waals surface area (Å²) in [5.41, 5.74) is 1.42. The van der Waals surface area contributed by atoms with E-state index in [-0.39, 0.29) is 5.41 Å². The molecule has 1 rings (SSSR count). The van der Waals surface area contributed by atoms with Crippen molar-refractivity contribution in [3.8, 4) is 5.75 Å². The standard InChI is InChI=1S/C17H29NO/c1-13(2)15-9-7-8-10-16(15)19-12-17(5,6)11-18-14(3)4/h7-10,13-14,18H,11-12H2,1-6H3. The predicted molar refractivity (Wildman–Crippen MR) is 82.9 cm³/mol. The Hall–Kier alpha value is -1.02. The first kappa shape index (κ1) is 16.0. The molecule has 0 aliphatic carbocycles. The van der Waals surface area contributed by atoms with E-state index >= 15 is 0 Å². The Morgan fingerprint density at radius 1 is 1.11 bits per heavy atom. The minimum atomic E-state index is 0.133. The van der Waals surface area contributed by atoms with Crippen LogP contribution in [0.1, 0.15) is 53.0 Å². The van der Waals surface area contributed by atoms with Crippen molar-refractivity contribution in [2.75, 3.05) is 13.2 Å². The van der Waals surface area contributed by atoms with E-state index in [1.165, 1.54) is 5.56 Å². The molecular weight excluding hydrogens is 234 g/mol. The molecule has 19 heavy (non-hydrogen) atoms. The van der Waals surface area contributed by atoms with Crippen LogP contribution in [0.5, 0.6) is 5.75 Å². The molecule has 0 aliphatic rings. The van der Waals surface area contributed by atoms with Gasteiger partial charge in [-0.3, -0.25) is 0 Å². The molecule has 0 atom stereocenters. The van der Waals surface area contributed by atoms with E-state index in [0.717, 1.165) is 18.9 Å². The van der Waals surface area contributed by atoms with Crippen LogP contribution in [0.25, 0.3) is 0 Å². The monoisotopic (exact) mass is 263 g/mol. The van der Waals surface area contributed by atoms with E-state index in [2.05, 4.69) is 65.1 Å². The van der Waals surface area contributed by atoms with Crippen LogP contribution >= 0.6 is 0 Å². The number of rotatable bonds is 7. The summed E-state index contributed by atoms with van der Waals surface area (Å²) in [4.78, 5) is 0. The number of benzene rings is 1. The number of hydrogen-bond donors (Lipinski definition) is 1. The molecule has 108 valence electrons. The summed E-state index contributed by atoms with van der Waals surface area (Å²) in [5.74, 6) is 1.52. The Labute approximate surface area is 118 Å². The molecule has 2 nitrogen and oxygen atoms in total. The molecule has 0 amide bonds. The molecule has 0 bridgehead atoms. The summed E-state index contributed by atoms with van der Waals surface area (Å²) in [7, 11) is 0. The molecule has 1 aromatic rings. The lowest BCUT2D eigenvalue weighted by atomic mass is 9.94. The lowest BCUT2D eigenvalue weighted by Gasteiger charge is -2.27. The van der Waals surface area contributed by atoms with Gasteiger partial charge in [-0.2, -0.15) is 0 Å². The SMILES string of the molecule is CC(C)NCC(C)(C)COc1ccccc1C(C)C. The number of para-hydroxylation sites is 1. The van der Waals surface area contributed by atoms with Crippen molar-refractivity contribution in [1.82, 2.24) is 5.32 Å². The molecule has 1 N–H and O–H groups in total. The van der Waals surface area contributed by atoms with E-state index in [1.807, 2.05) is 6.07 Å². The van der Waals surface area contributed by atoms with Crippen LogP contribution in [0.15, 0.2) is 24.3 Å². The molecule has 0 saturated carbocycles. The van der Waals surface area contributed by atoms with Crippen LogP contribution in [-0.4, -0.2) is 19.2 Å². The van der Waals surface area contributed by atoms with E-state index in [9.17, 15) is 0 Å². The molecule has 0 aliphatic heterocycles. The Morgan fingerprint density at radius 2 is 1.74 bits per heavy atom. The van der Waals surface area contributed by atoms with Crippen molar-refractivity contribution in [2.45, 2.75) is 53.5 Å². The number of hydrogen-bond acceptors (Lipinski definition) is 2. The Balaban J connectivity index is 2.61. The van der Waals surface area contributed by atoms with Gasteiger partial charge in [-0.1, -0.05) is 59.7 Å². The Kier molecular flexibility index (Phi) is 5.86. The number of ether oxygens (including phenoxy) is 1. The van der Waals surface area contributed by atoms with Gasteiger partial charge in [-0.25, -0.2) is 0 Å². The van der Waals surface area contributed by atoms with Gasteiger partial charge < -0.3 is 10.1 Å². The second-order valence-corrected chi connectivity index (χ2v) is 6.68. The maximum absolute atomic E-state index is 6.06. The van der Waals surface area contributed by atoms with Gasteiger partial charge in [-0.05, 0) is 17.5 Å². The number of nitrogens with one attached hydrogen (secondary N) is 1. The summed E-state index contributed by atoms with van der Waals surface area (Å²) in [5, 5.41) is 3.48. The van der Waals surface area contributed by atoms with Crippen LogP contribution in [-0.2, 0) is 0 Å². The largest absolute Gasteiger partial charge is 0.493 e. The van der Waals surface area contributed by atoms with Gasteiger partial charge in [0.1, 0.15) is 5.75 Å². The fourth-order valence-electron chi connectivity index (χ4n) is 1.89. The highest BCUT2D eigenvalue weighted by atomic mass is 16.5. The molecule has 0 unspecified atom stereocenters. The molecule has 0 heterocycles. The summed E-state index contributed by atoms with van der Waals surface area (Å²) in [6.07, 6.45) is 0. The lowest BCUT2D eigenvalue weighted by molar-refractivity contribution is 0.172. The third-order valence-corrected chi connectivity index (χ3v) is 3.15. The van der Waals surface area contributed by atoms with Crippen molar-refractivity contribution >= 4 is 0 Å². The average molecular weight is 263 g/mol. The van der Waals surface area contributed by atoms with Crippen LogP contribution in [0.2, 0.25) is 0 Å². The molecule has 2 heteroatoms. The fourth-order valence-corrected chi connectivity index (χ4v) is 1.89. The summed E-state index contributed by atoms with van der Waals surface area (Å²) in [6, 6.07) is 8.86. The molecule has 1 aromatic carbocycles. The van der Waals surface area contributed by atoms with Crippen LogP contribution in [0.4, 0.5) is 0 Å². The van der Waals surface area contributed by atoms with Gasteiger partial charge in [0.15, 0.2) is 0 Å². The molecule has 0 fully saturated rings. The van der Waals surface area contributed by atoms with Gasteiger partial charge in [0.05, 0.1) is 6.61 Å². The smallest absolute Gasteiger partial charge is 0.122 e. The van der Waals surface area contributed by atoms with Crippen LogP contribution < -0.4 is 10.1 Å². The fraction of sp³-hybridized carbons (Fsp3) is 0.647. The summed E-state index contributed by atoms with van der Waals surface area (Å²) >= 11 is 0. The summed E-state index contributed by atoms with van der Waals surface area (Å²) < 4.78 is 6.06. The first-order valence-corrected chi connectivity index (χ1v) is 7.27. The maximum atomic E-state index is 6.06. The molecule has 0 radical (unpaired) electrons. The van der Waals surface area contributed by atoms with Gasteiger partial charge >= 0.3 is 0 Å². The third kappa shape index (κ3) is 5.65. The highest BCUT2D eigenvalue weighted by Crippen LogP contribution is 2.27. The molecule has 0 saturated heterocycles. The normalized spacial score (nSPS) is 12.2. The minimum absolute atomic E-state index is 0.133. The highest BCUT2D eigenvalue weighted by molar-refractivity contribution is 5.35. The predicted octanol–water partition coefficient (Wildman–Crippen LogP) is 4.21. The third-order valence-electron chi connectivity index (χ3n) is 3.15. The maximum Gasteiger partial charge on any atom is 0.122 e. The van der Waals surface area contributed by atoms with Crippen molar-refractivity contribution in [1.29, 1.82) is 0 Å². The lowest BCUT2D eigenvalue weighted by Crippen LogP contribution is -2.37. The zero-order valence-electron chi connectivity index (χ0n) is 13.3. The molecule has 0 aromatic heterocycles. The van der Waals surface area contributed by atoms with Gasteiger partial charge in [0.2, 0.25) is 0 Å². The second-order valence-electron chi connectivity index (χ2n) is 6.68. The van der Waals surface area contributed by atoms with Crippen LogP contribution in [0.3, 0.4) is 0 Å². The van der Waals surface area contributed by atoms with E-state index in [4.69, 9.17) is 4.74 Å². The second kappa shape index (κ2) is 6.95. The van der Waals surface area contributed by atoms with Crippen molar-refractivity contribution in [3.05, 3.63) is 29.8 Å². The van der Waals surface area contributed by atoms with Crippen molar-refractivity contribution in [3.63, 3.8) is 0 Å². The van der Waals surface area contributed by atoms with Crippen LogP contribution in [0, 0.1) is 5.41 Å². The molecule has 0 spiro atoms. The Bertz CT molecular complexity index is 383. The molecular formula is C17H29NO. The first-order valence-electron chi connectivity index (χ1n) is 7.27. The van der Waals surface area contributed by atoms with Crippen molar-refractivity contribution < 1.29 is 4.74 Å². The highest BCUT2D eigenvalue weighted by Gasteiger charge is 2.20. The average Bonchev–Trinajstić information content (AvgIpc) is 2.34. The van der Waals surface area contributed by atoms with Crippen molar-refractivity contribution in [2.24, 2.45) is 5.41 Å². The van der Waals surface area contributed by atoms with Gasteiger partial charge in [0.25, 0.3) is 0 Å². The van der Waals surface area contributed by atoms with E-state index in [0.29, 0.717) is 12.0 Å². The Morgan fingerprint density at radius 3 is 2.32 bits per heavy atom. The summed E-state index contributed by atoms with van der Waals surface area (Å²) in [6.45, 7) is 14.9. The minimum Gasteiger partial charge on any atom is -0.493 e. The van der Waals surface area contributed by atoms with E-state index in [1.54, 1.807) is 0 Å². The zero-order valence-corrected chi connectivity index (χ0v) is 13.3. The first-order chi connectivity index (χ1) is 8.82. The van der Waals surface area contributed by atoms with Gasteiger partial charge in [-0.15, -0.1) is 0 Å². The zero-order chi connectivity index (χ0) is 14.5.